The van der Waals surface area contributed by atoms with Crippen molar-refractivity contribution in [3.8, 4) is 5.75 Å². The van der Waals surface area contributed by atoms with Gasteiger partial charge in [-0.1, -0.05) is 30.3 Å². The minimum atomic E-state index is -0.208. The maximum Gasteiger partial charge on any atom is 0.253 e. The first kappa shape index (κ1) is 20.4. The minimum absolute atomic E-state index is 0.00706. The number of likely N-dealkylation sites (tertiary alicyclic amines) is 2. The average Bonchev–Trinajstić information content (AvgIpc) is 3.34. The van der Waals surface area contributed by atoms with Crippen LogP contribution < -0.4 is 10.1 Å². The van der Waals surface area contributed by atoms with Crippen molar-refractivity contribution in [1.82, 2.24) is 15.1 Å². The Morgan fingerprint density at radius 3 is 2.63 bits per heavy atom. The number of rotatable bonds is 5. The highest BCUT2D eigenvalue weighted by atomic mass is 16.5. The van der Waals surface area contributed by atoms with E-state index in [2.05, 4.69) is 17.3 Å². The van der Waals surface area contributed by atoms with Gasteiger partial charge in [0, 0.05) is 37.2 Å². The quantitative estimate of drug-likeness (QED) is 0.827. The van der Waals surface area contributed by atoms with Crippen LogP contribution in [0.3, 0.4) is 0 Å². The zero-order valence-electron chi connectivity index (χ0n) is 17.6. The first-order valence-corrected chi connectivity index (χ1v) is 10.4. The van der Waals surface area contributed by atoms with E-state index >= 15 is 0 Å². The van der Waals surface area contributed by atoms with E-state index in [4.69, 9.17) is 4.74 Å². The molecule has 1 N–H and O–H groups in total. The van der Waals surface area contributed by atoms with E-state index in [9.17, 15) is 9.59 Å². The molecule has 158 valence electrons. The largest absolute Gasteiger partial charge is 0.497 e. The normalized spacial score (nSPS) is 23.7. The summed E-state index contributed by atoms with van der Waals surface area (Å²) >= 11 is 0. The van der Waals surface area contributed by atoms with Gasteiger partial charge in [0.2, 0.25) is 5.91 Å². The molecule has 1 spiro atoms. The lowest BCUT2D eigenvalue weighted by molar-refractivity contribution is -0.127. The summed E-state index contributed by atoms with van der Waals surface area (Å²) in [5.74, 6) is 0.598. The second kappa shape index (κ2) is 8.48. The van der Waals surface area contributed by atoms with E-state index in [1.807, 2.05) is 59.5 Å². The van der Waals surface area contributed by atoms with Crippen molar-refractivity contribution in [1.29, 1.82) is 0 Å². The summed E-state index contributed by atoms with van der Waals surface area (Å²) in [7, 11) is 3.72. The van der Waals surface area contributed by atoms with Crippen molar-refractivity contribution < 1.29 is 14.3 Å². The number of ether oxygens (including phenoxy) is 1. The smallest absolute Gasteiger partial charge is 0.253 e. The van der Waals surface area contributed by atoms with Gasteiger partial charge < -0.3 is 19.9 Å². The summed E-state index contributed by atoms with van der Waals surface area (Å²) in [5.41, 5.74) is 1.49. The van der Waals surface area contributed by atoms with Crippen LogP contribution in [-0.4, -0.2) is 62.0 Å². The fourth-order valence-corrected chi connectivity index (χ4v) is 4.87. The summed E-state index contributed by atoms with van der Waals surface area (Å²) in [6.07, 6.45) is 0.930. The summed E-state index contributed by atoms with van der Waals surface area (Å²) in [6.45, 7) is 3.33. The molecule has 2 aliphatic rings. The third kappa shape index (κ3) is 4.05. The summed E-state index contributed by atoms with van der Waals surface area (Å²) < 4.78 is 5.27. The van der Waals surface area contributed by atoms with Crippen LogP contribution in [0.2, 0.25) is 0 Å². The van der Waals surface area contributed by atoms with Crippen molar-refractivity contribution in [3.05, 3.63) is 65.7 Å². The molecule has 2 aromatic carbocycles. The van der Waals surface area contributed by atoms with Gasteiger partial charge in [-0.3, -0.25) is 9.59 Å². The number of carbonyl (C=O) groups is 2. The SMILES string of the molecule is COc1cccc(CNC(=O)[C@@H]2CN(C(=O)c3ccccc3)C[C@]23CCN(C)C3)c1. The van der Waals surface area contributed by atoms with Crippen molar-refractivity contribution >= 4 is 11.8 Å². The lowest BCUT2D eigenvalue weighted by Crippen LogP contribution is -2.42. The van der Waals surface area contributed by atoms with Crippen molar-refractivity contribution in [3.63, 3.8) is 0 Å². The Balaban J connectivity index is 1.49. The highest BCUT2D eigenvalue weighted by Gasteiger charge is 2.53. The van der Waals surface area contributed by atoms with E-state index in [1.165, 1.54) is 0 Å². The lowest BCUT2D eigenvalue weighted by Gasteiger charge is -2.29. The highest BCUT2D eigenvalue weighted by molar-refractivity contribution is 5.95. The Labute approximate surface area is 177 Å². The number of hydrogen-bond acceptors (Lipinski definition) is 4. The topological polar surface area (TPSA) is 61.9 Å². The summed E-state index contributed by atoms with van der Waals surface area (Å²) in [4.78, 5) is 30.4. The van der Waals surface area contributed by atoms with Crippen molar-refractivity contribution in [2.75, 3.05) is 40.3 Å². The molecule has 6 nitrogen and oxygen atoms in total. The molecule has 2 amide bonds. The molecular weight excluding hydrogens is 378 g/mol. The minimum Gasteiger partial charge on any atom is -0.497 e. The van der Waals surface area contributed by atoms with Gasteiger partial charge in [0.05, 0.1) is 13.0 Å². The van der Waals surface area contributed by atoms with Gasteiger partial charge in [-0.15, -0.1) is 0 Å². The Kier molecular flexibility index (Phi) is 5.77. The molecule has 0 aromatic heterocycles. The fourth-order valence-electron chi connectivity index (χ4n) is 4.87. The second-order valence-corrected chi connectivity index (χ2v) is 8.52. The molecule has 2 aliphatic heterocycles. The zero-order chi connectivity index (χ0) is 21.1. The molecule has 0 saturated carbocycles. The maximum absolute atomic E-state index is 13.2. The van der Waals surface area contributed by atoms with E-state index in [-0.39, 0.29) is 23.1 Å². The van der Waals surface area contributed by atoms with Gasteiger partial charge in [0.25, 0.3) is 5.91 Å². The number of hydrogen-bond donors (Lipinski definition) is 1. The van der Waals surface area contributed by atoms with Crippen LogP contribution in [0, 0.1) is 11.3 Å². The summed E-state index contributed by atoms with van der Waals surface area (Å²) in [6, 6.07) is 17.0. The number of carbonyl (C=O) groups excluding carboxylic acids is 2. The molecule has 0 unspecified atom stereocenters. The lowest BCUT2D eigenvalue weighted by atomic mass is 9.76. The van der Waals surface area contributed by atoms with Crippen LogP contribution >= 0.6 is 0 Å². The van der Waals surface area contributed by atoms with Crippen LogP contribution in [0.1, 0.15) is 22.3 Å². The first-order chi connectivity index (χ1) is 14.5. The van der Waals surface area contributed by atoms with Crippen LogP contribution in [0.25, 0.3) is 0 Å². The third-order valence-corrected chi connectivity index (χ3v) is 6.45. The third-order valence-electron chi connectivity index (χ3n) is 6.45. The molecule has 2 aromatic rings. The number of methoxy groups -OCH3 is 1. The molecule has 2 saturated heterocycles. The molecule has 4 rings (SSSR count). The van der Waals surface area contributed by atoms with Crippen LogP contribution in [-0.2, 0) is 11.3 Å². The van der Waals surface area contributed by atoms with Gasteiger partial charge in [-0.05, 0) is 49.8 Å². The molecule has 2 atom stereocenters. The average molecular weight is 408 g/mol. The summed E-state index contributed by atoms with van der Waals surface area (Å²) in [5, 5.41) is 3.11. The van der Waals surface area contributed by atoms with Crippen molar-refractivity contribution in [2.24, 2.45) is 11.3 Å². The Morgan fingerprint density at radius 1 is 1.13 bits per heavy atom. The van der Waals surface area contributed by atoms with Gasteiger partial charge in [-0.2, -0.15) is 0 Å². The monoisotopic (exact) mass is 407 g/mol. The van der Waals surface area contributed by atoms with E-state index in [0.29, 0.717) is 25.2 Å². The van der Waals surface area contributed by atoms with Gasteiger partial charge >= 0.3 is 0 Å². The molecule has 2 fully saturated rings. The van der Waals surface area contributed by atoms with E-state index in [1.54, 1.807) is 7.11 Å². The maximum atomic E-state index is 13.2. The fraction of sp³-hybridized carbons (Fsp3) is 0.417. The molecule has 2 heterocycles. The molecule has 0 bridgehead atoms. The first-order valence-electron chi connectivity index (χ1n) is 10.4. The van der Waals surface area contributed by atoms with Gasteiger partial charge in [0.15, 0.2) is 0 Å². The predicted octanol–water partition coefficient (Wildman–Crippen LogP) is 2.41. The Hall–Kier alpha value is -2.86. The molecular formula is C24H29N3O3. The van der Waals surface area contributed by atoms with Crippen LogP contribution in [0.5, 0.6) is 5.75 Å². The Bertz CT molecular complexity index is 917. The van der Waals surface area contributed by atoms with Crippen LogP contribution in [0.15, 0.2) is 54.6 Å². The van der Waals surface area contributed by atoms with Crippen molar-refractivity contribution in [2.45, 2.75) is 13.0 Å². The molecule has 0 radical (unpaired) electrons. The van der Waals surface area contributed by atoms with Gasteiger partial charge in [0.1, 0.15) is 5.75 Å². The zero-order valence-corrected chi connectivity index (χ0v) is 17.6. The van der Waals surface area contributed by atoms with E-state index < -0.39 is 0 Å². The van der Waals surface area contributed by atoms with Crippen LogP contribution in [0.4, 0.5) is 0 Å². The Morgan fingerprint density at radius 2 is 1.93 bits per heavy atom. The highest BCUT2D eigenvalue weighted by Crippen LogP contribution is 2.44. The molecule has 6 heteroatoms. The number of nitrogens with zero attached hydrogens (tertiary/aromatic N) is 2. The molecule has 0 aliphatic carbocycles. The standard InChI is InChI=1S/C24H29N3O3/c1-26-12-11-24(16-26)17-27(23(29)19-8-4-3-5-9-19)15-21(24)22(28)25-14-18-7-6-10-20(13-18)30-2/h3-10,13,21H,11-12,14-17H2,1-2H3,(H,25,28)/t21-,24+/m0/s1. The molecule has 30 heavy (non-hydrogen) atoms. The number of benzene rings is 2. The predicted molar refractivity (Wildman–Crippen MR) is 115 cm³/mol. The van der Waals surface area contributed by atoms with Gasteiger partial charge in [-0.25, -0.2) is 0 Å². The second-order valence-electron chi connectivity index (χ2n) is 8.52. The van der Waals surface area contributed by atoms with E-state index in [0.717, 1.165) is 30.8 Å². The number of amides is 2. The number of nitrogens with one attached hydrogen (secondary N) is 1.